The summed E-state index contributed by atoms with van der Waals surface area (Å²) >= 11 is 0. The van der Waals surface area contributed by atoms with Crippen LogP contribution in [0.2, 0.25) is 0 Å². The van der Waals surface area contributed by atoms with Gasteiger partial charge in [0.25, 0.3) is 0 Å². The van der Waals surface area contributed by atoms with Gasteiger partial charge in [-0.2, -0.15) is 0 Å². The number of nitrogens with zero attached hydrogens (tertiary/aromatic N) is 2. The number of likely N-dealkylation sites (tertiary alicyclic amines) is 1. The Balaban J connectivity index is 1.86. The minimum absolute atomic E-state index is 0.0409. The van der Waals surface area contributed by atoms with E-state index in [2.05, 4.69) is 9.97 Å². The Morgan fingerprint density at radius 2 is 2.00 bits per heavy atom. The van der Waals surface area contributed by atoms with Gasteiger partial charge in [0.2, 0.25) is 11.8 Å². The van der Waals surface area contributed by atoms with Crippen LogP contribution in [0, 0.1) is 5.41 Å². The molecule has 18 heavy (non-hydrogen) atoms. The fourth-order valence-corrected chi connectivity index (χ4v) is 2.31. The molecule has 0 aromatic carbocycles. The van der Waals surface area contributed by atoms with Gasteiger partial charge in [0.05, 0.1) is 6.33 Å². The minimum atomic E-state index is -0.186. The summed E-state index contributed by atoms with van der Waals surface area (Å²) in [4.78, 5) is 32.1. The summed E-state index contributed by atoms with van der Waals surface area (Å²) in [7, 11) is 0. The van der Waals surface area contributed by atoms with E-state index in [0.29, 0.717) is 19.4 Å². The summed E-state index contributed by atoms with van der Waals surface area (Å²) in [6, 6.07) is 0. The number of nitrogens with one attached hydrogen (secondary N) is 1. The summed E-state index contributed by atoms with van der Waals surface area (Å²) in [5.74, 6) is -0.0817. The molecule has 0 bridgehead atoms. The first-order chi connectivity index (χ1) is 8.48. The van der Waals surface area contributed by atoms with E-state index in [-0.39, 0.29) is 17.2 Å². The van der Waals surface area contributed by atoms with Crippen LogP contribution in [0.3, 0.4) is 0 Å². The second-order valence-electron chi connectivity index (χ2n) is 5.64. The molecule has 1 aromatic heterocycles. The number of H-pyrrole nitrogens is 1. The minimum Gasteiger partial charge on any atom is -0.348 e. The van der Waals surface area contributed by atoms with Crippen molar-refractivity contribution >= 4 is 11.8 Å². The van der Waals surface area contributed by atoms with Crippen LogP contribution in [0.4, 0.5) is 0 Å². The number of rotatable bonds is 4. The van der Waals surface area contributed by atoms with Crippen LogP contribution in [0.1, 0.15) is 38.8 Å². The molecule has 0 atom stereocenters. The van der Waals surface area contributed by atoms with E-state index in [0.717, 1.165) is 18.5 Å². The number of imide groups is 1. The maximum absolute atomic E-state index is 11.9. The van der Waals surface area contributed by atoms with E-state index in [1.165, 1.54) is 4.90 Å². The van der Waals surface area contributed by atoms with Crippen molar-refractivity contribution in [3.63, 3.8) is 0 Å². The molecule has 0 saturated carbocycles. The summed E-state index contributed by atoms with van der Waals surface area (Å²) in [6.45, 7) is 4.43. The van der Waals surface area contributed by atoms with E-state index in [9.17, 15) is 9.59 Å². The molecule has 0 aliphatic carbocycles. The Labute approximate surface area is 107 Å². The Morgan fingerprint density at radius 3 is 2.56 bits per heavy atom. The quantitative estimate of drug-likeness (QED) is 0.823. The van der Waals surface area contributed by atoms with Gasteiger partial charge in [0, 0.05) is 31.3 Å². The molecule has 1 aromatic rings. The third-order valence-electron chi connectivity index (χ3n) is 3.24. The Kier molecular flexibility index (Phi) is 3.50. The van der Waals surface area contributed by atoms with E-state index < -0.39 is 0 Å². The lowest BCUT2D eigenvalue weighted by Crippen LogP contribution is -2.46. The third-order valence-corrected chi connectivity index (χ3v) is 3.24. The number of aromatic nitrogens is 2. The van der Waals surface area contributed by atoms with Crippen molar-refractivity contribution in [2.45, 2.75) is 39.5 Å². The first-order valence-electron chi connectivity index (χ1n) is 6.28. The number of carbonyl (C=O) groups excluding carboxylic acids is 2. The number of aromatic amines is 1. The molecule has 5 nitrogen and oxygen atoms in total. The van der Waals surface area contributed by atoms with E-state index in [4.69, 9.17) is 0 Å². The first kappa shape index (κ1) is 12.8. The van der Waals surface area contributed by atoms with Gasteiger partial charge in [0.15, 0.2) is 0 Å². The van der Waals surface area contributed by atoms with Gasteiger partial charge in [0.1, 0.15) is 0 Å². The van der Waals surface area contributed by atoms with Gasteiger partial charge in [-0.25, -0.2) is 4.98 Å². The normalized spacial score (nSPS) is 19.3. The first-order valence-corrected chi connectivity index (χ1v) is 6.28. The Hall–Kier alpha value is -1.65. The molecule has 5 heteroatoms. The van der Waals surface area contributed by atoms with Crippen LogP contribution in [0.5, 0.6) is 0 Å². The fourth-order valence-electron chi connectivity index (χ4n) is 2.31. The summed E-state index contributed by atoms with van der Waals surface area (Å²) in [6.07, 6.45) is 5.91. The van der Waals surface area contributed by atoms with Crippen LogP contribution in [-0.2, 0) is 16.0 Å². The Bertz CT molecular complexity index is 417. The standard InChI is InChI=1S/C13H19N3O2/c1-13(2)6-11(17)16(12(18)7-13)5-3-4-10-8-14-9-15-10/h8-9H,3-7H2,1-2H3,(H,14,15). The molecule has 1 saturated heterocycles. The maximum atomic E-state index is 11.9. The van der Waals surface area contributed by atoms with Crippen molar-refractivity contribution in [1.29, 1.82) is 0 Å². The second-order valence-corrected chi connectivity index (χ2v) is 5.64. The molecule has 0 spiro atoms. The van der Waals surface area contributed by atoms with Crippen LogP contribution in [0.25, 0.3) is 0 Å². The summed E-state index contributed by atoms with van der Waals surface area (Å²) in [5, 5.41) is 0. The molecule has 2 heterocycles. The van der Waals surface area contributed by atoms with Gasteiger partial charge in [-0.3, -0.25) is 14.5 Å². The molecule has 2 amide bonds. The second kappa shape index (κ2) is 4.92. The number of hydrogen-bond donors (Lipinski definition) is 1. The van der Waals surface area contributed by atoms with E-state index in [1.807, 2.05) is 13.8 Å². The average molecular weight is 249 g/mol. The lowest BCUT2D eigenvalue weighted by Gasteiger charge is -2.34. The molecular weight excluding hydrogens is 230 g/mol. The highest BCUT2D eigenvalue weighted by molar-refractivity contribution is 5.98. The largest absolute Gasteiger partial charge is 0.348 e. The molecule has 1 fully saturated rings. The SMILES string of the molecule is CC1(C)CC(=O)N(CCCc2cnc[nH]2)C(=O)C1. The predicted molar refractivity (Wildman–Crippen MR) is 66.6 cm³/mol. The summed E-state index contributed by atoms with van der Waals surface area (Å²) < 4.78 is 0. The van der Waals surface area contributed by atoms with Crippen LogP contribution in [-0.4, -0.2) is 33.2 Å². The highest BCUT2D eigenvalue weighted by Crippen LogP contribution is 2.31. The molecule has 1 aliphatic rings. The number of hydrogen-bond acceptors (Lipinski definition) is 3. The molecular formula is C13H19N3O2. The maximum Gasteiger partial charge on any atom is 0.229 e. The number of piperidine rings is 1. The van der Waals surface area contributed by atoms with Crippen molar-refractivity contribution < 1.29 is 9.59 Å². The number of imidazole rings is 1. The predicted octanol–water partition coefficient (Wildman–Crippen LogP) is 1.52. The smallest absolute Gasteiger partial charge is 0.229 e. The molecule has 2 rings (SSSR count). The van der Waals surface area contributed by atoms with Gasteiger partial charge in [-0.1, -0.05) is 13.8 Å². The topological polar surface area (TPSA) is 66.1 Å². The van der Waals surface area contributed by atoms with Gasteiger partial charge in [-0.05, 0) is 18.3 Å². The zero-order valence-electron chi connectivity index (χ0n) is 10.9. The molecule has 0 radical (unpaired) electrons. The van der Waals surface area contributed by atoms with Crippen molar-refractivity contribution in [3.8, 4) is 0 Å². The van der Waals surface area contributed by atoms with Crippen molar-refractivity contribution in [1.82, 2.24) is 14.9 Å². The third kappa shape index (κ3) is 2.97. The van der Waals surface area contributed by atoms with Crippen molar-refractivity contribution in [2.24, 2.45) is 5.41 Å². The lowest BCUT2D eigenvalue weighted by atomic mass is 9.82. The van der Waals surface area contributed by atoms with Gasteiger partial charge in [-0.15, -0.1) is 0 Å². The molecule has 1 N–H and O–H groups in total. The van der Waals surface area contributed by atoms with Crippen LogP contribution < -0.4 is 0 Å². The molecule has 0 unspecified atom stereocenters. The van der Waals surface area contributed by atoms with Gasteiger partial charge < -0.3 is 4.98 Å². The summed E-state index contributed by atoms with van der Waals surface area (Å²) in [5.41, 5.74) is 0.848. The number of amides is 2. The zero-order valence-corrected chi connectivity index (χ0v) is 10.9. The molecule has 1 aliphatic heterocycles. The fraction of sp³-hybridized carbons (Fsp3) is 0.615. The number of aryl methyl sites for hydroxylation is 1. The van der Waals surface area contributed by atoms with Crippen molar-refractivity contribution in [3.05, 3.63) is 18.2 Å². The van der Waals surface area contributed by atoms with Crippen LogP contribution >= 0.6 is 0 Å². The number of carbonyl (C=O) groups is 2. The monoisotopic (exact) mass is 249 g/mol. The molecule has 98 valence electrons. The van der Waals surface area contributed by atoms with E-state index in [1.54, 1.807) is 12.5 Å². The highest BCUT2D eigenvalue weighted by atomic mass is 16.2. The van der Waals surface area contributed by atoms with Gasteiger partial charge >= 0.3 is 0 Å². The van der Waals surface area contributed by atoms with Crippen molar-refractivity contribution in [2.75, 3.05) is 6.54 Å². The zero-order chi connectivity index (χ0) is 13.2. The average Bonchev–Trinajstić information content (AvgIpc) is 2.73. The Morgan fingerprint density at radius 1 is 1.33 bits per heavy atom. The lowest BCUT2D eigenvalue weighted by molar-refractivity contribution is -0.152. The van der Waals surface area contributed by atoms with E-state index >= 15 is 0 Å². The van der Waals surface area contributed by atoms with Crippen LogP contribution in [0.15, 0.2) is 12.5 Å². The highest BCUT2D eigenvalue weighted by Gasteiger charge is 2.36.